The molecule has 0 saturated heterocycles. The van der Waals surface area contributed by atoms with E-state index in [0.29, 0.717) is 16.9 Å². The molecule has 0 aromatic heterocycles. The van der Waals surface area contributed by atoms with Crippen molar-refractivity contribution in [3.8, 4) is 0 Å². The van der Waals surface area contributed by atoms with Crippen molar-refractivity contribution in [3.05, 3.63) is 64.8 Å². The number of fused-ring (bicyclic) bond motifs is 1. The smallest absolute Gasteiger partial charge is 0.335 e. The maximum atomic E-state index is 11.1. The third-order valence-electron chi connectivity index (χ3n) is 6.60. The Labute approximate surface area is 157 Å². The number of allylic oxidation sites excluding steroid dienone is 5. The van der Waals surface area contributed by atoms with E-state index in [4.69, 9.17) is 5.11 Å². The quantitative estimate of drug-likeness (QED) is 0.675. The second-order valence-electron chi connectivity index (χ2n) is 9.25. The summed E-state index contributed by atoms with van der Waals surface area (Å²) in [5, 5.41) is 9.10. The largest absolute Gasteiger partial charge is 0.478 e. The molecule has 1 aromatic carbocycles. The predicted molar refractivity (Wildman–Crippen MR) is 108 cm³/mol. The maximum absolute atomic E-state index is 11.1. The highest BCUT2D eigenvalue weighted by atomic mass is 16.4. The van der Waals surface area contributed by atoms with E-state index in [1.165, 1.54) is 24.0 Å². The minimum absolute atomic E-state index is 0.261. The molecule has 1 unspecified atom stereocenters. The number of rotatable bonds is 3. The summed E-state index contributed by atoms with van der Waals surface area (Å²) in [6.45, 7) is 16.1. The van der Waals surface area contributed by atoms with Crippen LogP contribution in [-0.2, 0) is 0 Å². The lowest BCUT2D eigenvalue weighted by Gasteiger charge is -2.50. The first kappa shape index (κ1) is 18.7. The highest BCUT2D eigenvalue weighted by Crippen LogP contribution is 2.57. The molecular weight excluding hydrogens is 320 g/mol. The van der Waals surface area contributed by atoms with E-state index in [-0.39, 0.29) is 5.41 Å². The number of benzene rings is 1. The van der Waals surface area contributed by atoms with Crippen molar-refractivity contribution in [2.24, 2.45) is 16.7 Å². The molecule has 1 atom stereocenters. The first-order valence-corrected chi connectivity index (χ1v) is 9.48. The van der Waals surface area contributed by atoms with Gasteiger partial charge in [0, 0.05) is 0 Å². The summed E-state index contributed by atoms with van der Waals surface area (Å²) < 4.78 is 0. The fraction of sp³-hybridized carbons (Fsp3) is 0.458. The van der Waals surface area contributed by atoms with E-state index in [9.17, 15) is 4.79 Å². The van der Waals surface area contributed by atoms with Crippen molar-refractivity contribution in [1.29, 1.82) is 0 Å². The van der Waals surface area contributed by atoms with Crippen LogP contribution in [0.5, 0.6) is 0 Å². The Morgan fingerprint density at radius 1 is 1.08 bits per heavy atom. The van der Waals surface area contributed by atoms with Gasteiger partial charge in [-0.1, -0.05) is 58.1 Å². The van der Waals surface area contributed by atoms with Gasteiger partial charge in [-0.2, -0.15) is 0 Å². The second-order valence-corrected chi connectivity index (χ2v) is 9.25. The summed E-state index contributed by atoms with van der Waals surface area (Å²) in [5.74, 6) is -0.353. The normalized spacial score (nSPS) is 23.9. The molecule has 0 aliphatic heterocycles. The van der Waals surface area contributed by atoms with Gasteiger partial charge in [-0.05, 0) is 77.3 Å². The summed E-state index contributed by atoms with van der Waals surface area (Å²) in [6, 6.07) is 7.08. The van der Waals surface area contributed by atoms with Crippen molar-refractivity contribution in [1.82, 2.24) is 0 Å². The monoisotopic (exact) mass is 350 g/mol. The number of carboxylic acid groups (broad SMARTS) is 1. The molecule has 1 saturated carbocycles. The number of carboxylic acids is 1. The number of carbonyl (C=O) groups is 1. The van der Waals surface area contributed by atoms with Gasteiger partial charge in [-0.3, -0.25) is 0 Å². The van der Waals surface area contributed by atoms with Crippen LogP contribution in [0.25, 0.3) is 5.57 Å². The van der Waals surface area contributed by atoms with E-state index >= 15 is 0 Å². The SMILES string of the molecule is C=C(C1=C(C)C=C2C(C1)C(C)(C)CCC2(C)C)c1ccc(C(=O)O)cc1. The molecule has 2 nitrogen and oxygen atoms in total. The number of aromatic carboxylic acids is 1. The molecule has 0 radical (unpaired) electrons. The van der Waals surface area contributed by atoms with Gasteiger partial charge >= 0.3 is 5.97 Å². The molecule has 3 rings (SSSR count). The minimum atomic E-state index is -0.894. The molecule has 2 aliphatic carbocycles. The van der Waals surface area contributed by atoms with Crippen LogP contribution in [0.1, 0.15) is 69.8 Å². The molecule has 2 heteroatoms. The van der Waals surface area contributed by atoms with Crippen LogP contribution in [0.3, 0.4) is 0 Å². The van der Waals surface area contributed by atoms with Gasteiger partial charge in [0.2, 0.25) is 0 Å². The Morgan fingerprint density at radius 2 is 1.65 bits per heavy atom. The van der Waals surface area contributed by atoms with E-state index in [2.05, 4.69) is 47.3 Å². The summed E-state index contributed by atoms with van der Waals surface area (Å²) in [5.41, 5.74) is 7.10. The lowest BCUT2D eigenvalue weighted by Crippen LogP contribution is -2.39. The molecule has 1 aromatic rings. The highest BCUT2D eigenvalue weighted by Gasteiger charge is 2.45. The second kappa shape index (κ2) is 6.26. The Morgan fingerprint density at radius 3 is 2.23 bits per heavy atom. The van der Waals surface area contributed by atoms with Gasteiger partial charge in [-0.25, -0.2) is 4.79 Å². The Bertz CT molecular complexity index is 816. The summed E-state index contributed by atoms with van der Waals surface area (Å²) in [4.78, 5) is 11.1. The van der Waals surface area contributed by atoms with Gasteiger partial charge in [0.25, 0.3) is 0 Å². The molecule has 1 fully saturated rings. The van der Waals surface area contributed by atoms with Crippen LogP contribution in [0.4, 0.5) is 0 Å². The highest BCUT2D eigenvalue weighted by molar-refractivity contribution is 5.88. The predicted octanol–water partition coefficient (Wildman–Crippen LogP) is 6.51. The summed E-state index contributed by atoms with van der Waals surface area (Å²) in [7, 11) is 0. The molecule has 138 valence electrons. The fourth-order valence-corrected chi connectivity index (χ4v) is 4.56. The van der Waals surface area contributed by atoms with Crippen LogP contribution in [0.2, 0.25) is 0 Å². The maximum Gasteiger partial charge on any atom is 0.335 e. The molecule has 26 heavy (non-hydrogen) atoms. The van der Waals surface area contributed by atoms with Gasteiger partial charge in [0.15, 0.2) is 0 Å². The standard InChI is InChI=1S/C24H30O2/c1-15-13-20-21(24(5,6)12-11-23(20,3)4)14-19(15)16(2)17-7-9-18(10-8-17)22(25)26/h7-10,13,21H,2,11-12,14H2,1,3-6H3,(H,25,26). The van der Waals surface area contributed by atoms with E-state index in [1.807, 2.05) is 12.1 Å². The summed E-state index contributed by atoms with van der Waals surface area (Å²) >= 11 is 0. The third-order valence-corrected chi connectivity index (χ3v) is 6.60. The van der Waals surface area contributed by atoms with Crippen molar-refractivity contribution in [2.45, 2.75) is 53.9 Å². The van der Waals surface area contributed by atoms with Crippen molar-refractivity contribution >= 4 is 11.5 Å². The Kier molecular flexibility index (Phi) is 4.50. The van der Waals surface area contributed by atoms with E-state index in [0.717, 1.165) is 17.6 Å². The third kappa shape index (κ3) is 3.18. The van der Waals surface area contributed by atoms with Crippen LogP contribution < -0.4 is 0 Å². The van der Waals surface area contributed by atoms with E-state index < -0.39 is 5.97 Å². The molecule has 0 amide bonds. The average Bonchev–Trinajstić information content (AvgIpc) is 2.58. The van der Waals surface area contributed by atoms with Gasteiger partial charge in [0.1, 0.15) is 0 Å². The Balaban J connectivity index is 1.98. The van der Waals surface area contributed by atoms with Crippen molar-refractivity contribution in [3.63, 3.8) is 0 Å². The summed E-state index contributed by atoms with van der Waals surface area (Å²) in [6.07, 6.45) is 5.91. The molecular formula is C24H30O2. The number of hydrogen-bond acceptors (Lipinski definition) is 1. The van der Waals surface area contributed by atoms with Gasteiger partial charge in [-0.15, -0.1) is 0 Å². The van der Waals surface area contributed by atoms with Gasteiger partial charge in [0.05, 0.1) is 5.56 Å². The fourth-order valence-electron chi connectivity index (χ4n) is 4.56. The topological polar surface area (TPSA) is 37.3 Å². The lowest BCUT2D eigenvalue weighted by molar-refractivity contribution is 0.0697. The molecule has 1 N–H and O–H groups in total. The molecule has 2 aliphatic rings. The van der Waals surface area contributed by atoms with Crippen molar-refractivity contribution < 1.29 is 9.90 Å². The molecule has 0 bridgehead atoms. The minimum Gasteiger partial charge on any atom is -0.478 e. The van der Waals surface area contributed by atoms with Crippen LogP contribution in [-0.4, -0.2) is 11.1 Å². The Hall–Kier alpha value is -2.09. The van der Waals surface area contributed by atoms with Crippen LogP contribution in [0, 0.1) is 16.7 Å². The first-order chi connectivity index (χ1) is 12.0. The first-order valence-electron chi connectivity index (χ1n) is 9.48. The van der Waals surface area contributed by atoms with Crippen LogP contribution >= 0.6 is 0 Å². The molecule has 0 spiro atoms. The van der Waals surface area contributed by atoms with Gasteiger partial charge < -0.3 is 5.11 Å². The number of hydrogen-bond donors (Lipinski definition) is 1. The van der Waals surface area contributed by atoms with Crippen LogP contribution in [0.15, 0.2) is 53.6 Å². The zero-order chi connectivity index (χ0) is 19.3. The van der Waals surface area contributed by atoms with E-state index in [1.54, 1.807) is 17.7 Å². The lowest BCUT2D eigenvalue weighted by atomic mass is 9.54. The average molecular weight is 351 g/mol. The van der Waals surface area contributed by atoms with Crippen molar-refractivity contribution in [2.75, 3.05) is 0 Å². The zero-order valence-electron chi connectivity index (χ0n) is 16.6. The molecule has 0 heterocycles. The zero-order valence-corrected chi connectivity index (χ0v) is 16.6.